The van der Waals surface area contributed by atoms with Gasteiger partial charge in [0.05, 0.1) is 6.54 Å². The van der Waals surface area contributed by atoms with Gasteiger partial charge in [0.25, 0.3) is 0 Å². The summed E-state index contributed by atoms with van der Waals surface area (Å²) in [5.41, 5.74) is 0. The summed E-state index contributed by atoms with van der Waals surface area (Å²) >= 11 is 1.67. The fraction of sp³-hybridized carbons (Fsp3) is 0.500. The van der Waals surface area contributed by atoms with Crippen LogP contribution in [0, 0.1) is 0 Å². The molecular weight excluding hydrogens is 268 g/mol. The standard InChI is InChI=1S/C12H18N2O4S/c1-3-8(7-19-2)14-12(17)13-6-9-4-5-10(18-9)11(15)16/h4-5,8H,3,6-7H2,1-2H3,(H,15,16)(H2,13,14,17). The third kappa shape index (κ3) is 5.25. The van der Waals surface area contributed by atoms with Crippen molar-refractivity contribution in [3.05, 3.63) is 23.7 Å². The molecule has 0 fully saturated rings. The Balaban J connectivity index is 2.38. The maximum atomic E-state index is 11.6. The number of carbonyl (C=O) groups excluding carboxylic acids is 1. The Hall–Kier alpha value is -1.63. The number of carbonyl (C=O) groups is 2. The van der Waals surface area contributed by atoms with Crippen LogP contribution in [0.3, 0.4) is 0 Å². The van der Waals surface area contributed by atoms with Crippen molar-refractivity contribution < 1.29 is 19.1 Å². The van der Waals surface area contributed by atoms with E-state index in [0.29, 0.717) is 5.76 Å². The number of nitrogens with one attached hydrogen (secondary N) is 2. The van der Waals surface area contributed by atoms with Gasteiger partial charge >= 0.3 is 12.0 Å². The van der Waals surface area contributed by atoms with Crippen molar-refractivity contribution in [1.29, 1.82) is 0 Å². The van der Waals surface area contributed by atoms with Crippen LogP contribution >= 0.6 is 11.8 Å². The molecule has 1 atom stereocenters. The third-order valence-electron chi connectivity index (χ3n) is 2.49. The first-order valence-corrected chi connectivity index (χ1v) is 7.31. The van der Waals surface area contributed by atoms with Crippen molar-refractivity contribution >= 4 is 23.8 Å². The van der Waals surface area contributed by atoms with Crippen molar-refractivity contribution in [2.45, 2.75) is 25.9 Å². The number of rotatable bonds is 7. The molecule has 0 saturated heterocycles. The van der Waals surface area contributed by atoms with Crippen molar-refractivity contribution in [2.24, 2.45) is 0 Å². The van der Waals surface area contributed by atoms with E-state index in [1.165, 1.54) is 12.1 Å². The molecule has 1 aromatic heterocycles. The summed E-state index contributed by atoms with van der Waals surface area (Å²) in [4.78, 5) is 22.2. The lowest BCUT2D eigenvalue weighted by molar-refractivity contribution is 0.0660. The predicted octanol–water partition coefficient (Wildman–Crippen LogP) is 1.92. The highest BCUT2D eigenvalue weighted by molar-refractivity contribution is 7.98. The molecule has 1 rings (SSSR count). The summed E-state index contributed by atoms with van der Waals surface area (Å²) in [7, 11) is 0. The van der Waals surface area contributed by atoms with E-state index in [2.05, 4.69) is 10.6 Å². The van der Waals surface area contributed by atoms with Gasteiger partial charge in [0.15, 0.2) is 0 Å². The first-order valence-electron chi connectivity index (χ1n) is 5.92. The predicted molar refractivity (Wildman–Crippen MR) is 73.5 cm³/mol. The molecule has 0 aliphatic rings. The number of furan rings is 1. The molecule has 0 spiro atoms. The second-order valence-corrected chi connectivity index (χ2v) is 4.87. The number of carboxylic acid groups (broad SMARTS) is 1. The summed E-state index contributed by atoms with van der Waals surface area (Å²) in [5, 5.41) is 14.2. The molecule has 2 amide bonds. The van der Waals surface area contributed by atoms with Gasteiger partial charge in [0.2, 0.25) is 5.76 Å². The van der Waals surface area contributed by atoms with Crippen molar-refractivity contribution in [3.8, 4) is 0 Å². The molecule has 0 aliphatic heterocycles. The minimum Gasteiger partial charge on any atom is -0.475 e. The lowest BCUT2D eigenvalue weighted by Gasteiger charge is -2.15. The zero-order valence-electron chi connectivity index (χ0n) is 10.9. The van der Waals surface area contributed by atoms with Gasteiger partial charge in [-0.2, -0.15) is 11.8 Å². The first-order chi connectivity index (χ1) is 9.06. The van der Waals surface area contributed by atoms with Crippen LogP contribution in [0.15, 0.2) is 16.5 Å². The molecular formula is C12H18N2O4S. The van der Waals surface area contributed by atoms with Gasteiger partial charge in [-0.3, -0.25) is 0 Å². The Bertz CT molecular complexity index is 433. The quantitative estimate of drug-likeness (QED) is 0.712. The van der Waals surface area contributed by atoms with Gasteiger partial charge in [-0.25, -0.2) is 9.59 Å². The minimum atomic E-state index is -1.12. The topological polar surface area (TPSA) is 91.6 Å². The molecule has 0 radical (unpaired) electrons. The van der Waals surface area contributed by atoms with E-state index in [1.807, 2.05) is 13.2 Å². The van der Waals surface area contributed by atoms with E-state index >= 15 is 0 Å². The first kappa shape index (κ1) is 15.4. The van der Waals surface area contributed by atoms with E-state index in [0.717, 1.165) is 12.2 Å². The summed E-state index contributed by atoms with van der Waals surface area (Å²) in [6, 6.07) is 2.73. The Morgan fingerprint density at radius 1 is 1.47 bits per heavy atom. The minimum absolute atomic E-state index is 0.126. The van der Waals surface area contributed by atoms with Crippen LogP contribution in [0.5, 0.6) is 0 Å². The SMILES string of the molecule is CCC(CSC)NC(=O)NCc1ccc(C(=O)O)o1. The fourth-order valence-electron chi connectivity index (χ4n) is 1.45. The van der Waals surface area contributed by atoms with Crippen molar-refractivity contribution in [2.75, 3.05) is 12.0 Å². The van der Waals surface area contributed by atoms with Gasteiger partial charge in [-0.05, 0) is 24.8 Å². The molecule has 7 heteroatoms. The Kier molecular flexibility index (Phi) is 6.27. The third-order valence-corrected chi connectivity index (χ3v) is 3.23. The Morgan fingerprint density at radius 3 is 2.74 bits per heavy atom. The van der Waals surface area contributed by atoms with Gasteiger partial charge in [0.1, 0.15) is 5.76 Å². The molecule has 0 bridgehead atoms. The van der Waals surface area contributed by atoms with Crippen LogP contribution < -0.4 is 10.6 Å². The average molecular weight is 286 g/mol. The summed E-state index contributed by atoms with van der Waals surface area (Å²) in [6.45, 7) is 2.17. The van der Waals surface area contributed by atoms with Gasteiger partial charge in [-0.1, -0.05) is 6.92 Å². The molecule has 1 unspecified atom stereocenters. The van der Waals surface area contributed by atoms with Crippen LogP contribution in [-0.2, 0) is 6.54 Å². The second-order valence-electron chi connectivity index (χ2n) is 3.96. The number of thioether (sulfide) groups is 1. The second kappa shape index (κ2) is 7.73. The molecule has 19 heavy (non-hydrogen) atoms. The molecule has 106 valence electrons. The van der Waals surface area contributed by atoms with E-state index in [-0.39, 0.29) is 24.4 Å². The van der Waals surface area contributed by atoms with Crippen LogP contribution in [0.25, 0.3) is 0 Å². The number of hydrogen-bond donors (Lipinski definition) is 3. The van der Waals surface area contributed by atoms with Crippen LogP contribution in [-0.4, -0.2) is 35.2 Å². The average Bonchev–Trinajstić information content (AvgIpc) is 2.84. The monoisotopic (exact) mass is 286 g/mol. The van der Waals surface area contributed by atoms with Gasteiger partial charge in [0, 0.05) is 11.8 Å². The molecule has 1 aromatic rings. The van der Waals surface area contributed by atoms with Gasteiger partial charge in [-0.15, -0.1) is 0 Å². The fourth-order valence-corrected chi connectivity index (χ4v) is 2.18. The highest BCUT2D eigenvalue weighted by Crippen LogP contribution is 2.07. The van der Waals surface area contributed by atoms with Crippen molar-refractivity contribution in [3.63, 3.8) is 0 Å². The maximum Gasteiger partial charge on any atom is 0.371 e. The van der Waals surface area contributed by atoms with Crippen LogP contribution in [0.1, 0.15) is 29.7 Å². The van der Waals surface area contributed by atoms with Crippen LogP contribution in [0.2, 0.25) is 0 Å². The summed E-state index contributed by atoms with van der Waals surface area (Å²) in [5.74, 6) is 0.00611. The number of carboxylic acids is 1. The van der Waals surface area contributed by atoms with E-state index in [9.17, 15) is 9.59 Å². The molecule has 0 aliphatic carbocycles. The number of amides is 2. The Labute approximate surface area is 115 Å². The summed E-state index contributed by atoms with van der Waals surface area (Å²) < 4.78 is 5.03. The molecule has 3 N–H and O–H groups in total. The lowest BCUT2D eigenvalue weighted by Crippen LogP contribution is -2.42. The zero-order valence-corrected chi connectivity index (χ0v) is 11.8. The Morgan fingerprint density at radius 2 is 2.21 bits per heavy atom. The smallest absolute Gasteiger partial charge is 0.371 e. The van der Waals surface area contributed by atoms with Crippen molar-refractivity contribution in [1.82, 2.24) is 10.6 Å². The van der Waals surface area contributed by atoms with E-state index in [4.69, 9.17) is 9.52 Å². The highest BCUT2D eigenvalue weighted by atomic mass is 32.2. The van der Waals surface area contributed by atoms with Crippen LogP contribution in [0.4, 0.5) is 4.79 Å². The lowest BCUT2D eigenvalue weighted by atomic mass is 10.3. The van der Waals surface area contributed by atoms with E-state index < -0.39 is 5.97 Å². The highest BCUT2D eigenvalue weighted by Gasteiger charge is 2.11. The normalized spacial score (nSPS) is 11.9. The molecule has 0 saturated carbocycles. The molecule has 1 heterocycles. The summed E-state index contributed by atoms with van der Waals surface area (Å²) in [6.07, 6.45) is 2.84. The maximum absolute atomic E-state index is 11.6. The zero-order chi connectivity index (χ0) is 14.3. The molecule has 0 aromatic carbocycles. The number of aromatic carboxylic acids is 1. The van der Waals surface area contributed by atoms with Gasteiger partial charge < -0.3 is 20.2 Å². The van der Waals surface area contributed by atoms with E-state index in [1.54, 1.807) is 11.8 Å². The number of urea groups is 1. The molecule has 6 nitrogen and oxygen atoms in total. The largest absolute Gasteiger partial charge is 0.475 e. The number of hydrogen-bond acceptors (Lipinski definition) is 4.